The summed E-state index contributed by atoms with van der Waals surface area (Å²) in [4.78, 5) is 23.4. The number of aromatic amines is 1. The highest BCUT2D eigenvalue weighted by Gasteiger charge is 2.44. The number of tetrazole rings is 1. The highest BCUT2D eigenvalue weighted by Crippen LogP contribution is 2.45. The highest BCUT2D eigenvalue weighted by atomic mass is 16.2. The highest BCUT2D eigenvalue weighted by molar-refractivity contribution is 5.95. The normalized spacial score (nSPS) is 23.0. The van der Waals surface area contributed by atoms with Crippen molar-refractivity contribution in [1.82, 2.24) is 40.0 Å². The summed E-state index contributed by atoms with van der Waals surface area (Å²) in [7, 11) is 0. The lowest BCUT2D eigenvalue weighted by atomic mass is 9.70. The number of aryl methyl sites for hydroxylation is 1. The Kier molecular flexibility index (Phi) is 7.20. The van der Waals surface area contributed by atoms with E-state index >= 15 is 0 Å². The molecule has 3 aliphatic rings. The molecule has 3 aromatic carbocycles. The van der Waals surface area contributed by atoms with E-state index < -0.39 is 0 Å². The minimum atomic E-state index is 0.0674. The third-order valence-corrected chi connectivity index (χ3v) is 11.0. The number of rotatable bonds is 7. The fraction of sp³-hybridized carbons (Fsp3) is 0.417. The average Bonchev–Trinajstić information content (AvgIpc) is 3.80. The molecule has 3 fully saturated rings. The lowest BCUT2D eigenvalue weighted by molar-refractivity contribution is 0.0607. The zero-order valence-electron chi connectivity index (χ0n) is 25.8. The molecule has 3 atom stereocenters. The first-order chi connectivity index (χ1) is 22.1. The van der Waals surface area contributed by atoms with Crippen molar-refractivity contribution in [3.8, 4) is 11.4 Å². The summed E-state index contributed by atoms with van der Waals surface area (Å²) in [6, 6.07) is 29.0. The molecule has 3 saturated heterocycles. The zero-order chi connectivity index (χ0) is 30.4. The van der Waals surface area contributed by atoms with Gasteiger partial charge in [-0.15, -0.1) is 10.2 Å². The van der Waals surface area contributed by atoms with Crippen molar-refractivity contribution in [1.29, 1.82) is 0 Å². The molecule has 2 aromatic heterocycles. The van der Waals surface area contributed by atoms with Gasteiger partial charge in [0.15, 0.2) is 0 Å². The maximum Gasteiger partial charge on any atom is 0.253 e. The van der Waals surface area contributed by atoms with Crippen molar-refractivity contribution in [2.24, 2.45) is 0 Å². The number of piperidine rings is 2. The monoisotopic (exact) mass is 600 g/mol. The smallest absolute Gasteiger partial charge is 0.253 e. The first-order valence-electron chi connectivity index (χ1n) is 16.5. The van der Waals surface area contributed by atoms with Crippen molar-refractivity contribution in [2.45, 2.75) is 75.4 Å². The number of imidazole rings is 1. The molecule has 1 amide bonds. The molecular weight excluding hydrogens is 560 g/mol. The molecule has 5 aromatic rings. The van der Waals surface area contributed by atoms with Crippen LogP contribution in [-0.4, -0.2) is 77.6 Å². The number of carbonyl (C=O) groups is 1. The summed E-state index contributed by atoms with van der Waals surface area (Å²) < 4.78 is 2.52. The number of amides is 1. The van der Waals surface area contributed by atoms with Crippen LogP contribution >= 0.6 is 0 Å². The number of H-pyrrole nitrogens is 1. The molecule has 0 radical (unpaired) electrons. The Labute approximate surface area is 263 Å². The van der Waals surface area contributed by atoms with Crippen molar-refractivity contribution >= 4 is 16.9 Å². The van der Waals surface area contributed by atoms with E-state index in [1.54, 1.807) is 0 Å². The van der Waals surface area contributed by atoms with Crippen LogP contribution in [0.25, 0.3) is 22.4 Å². The topological polar surface area (TPSA) is 95.8 Å². The summed E-state index contributed by atoms with van der Waals surface area (Å²) >= 11 is 0. The second-order valence-corrected chi connectivity index (χ2v) is 13.3. The van der Waals surface area contributed by atoms with Crippen LogP contribution in [-0.2, 0) is 5.41 Å². The molecule has 9 heteroatoms. The molecule has 45 heavy (non-hydrogen) atoms. The Hall–Kier alpha value is -4.37. The largest absolute Gasteiger partial charge is 0.339 e. The first-order valence-corrected chi connectivity index (χ1v) is 16.5. The van der Waals surface area contributed by atoms with Gasteiger partial charge in [-0.2, -0.15) is 5.21 Å². The molecule has 2 bridgehead atoms. The average molecular weight is 601 g/mol. The maximum atomic E-state index is 13.6. The molecule has 8 rings (SSSR count). The Bertz CT molecular complexity index is 1780. The van der Waals surface area contributed by atoms with Gasteiger partial charge in [0.25, 0.3) is 5.91 Å². The van der Waals surface area contributed by atoms with E-state index in [2.05, 4.69) is 91.6 Å². The summed E-state index contributed by atoms with van der Waals surface area (Å²) in [6.45, 7) is 4.78. The Balaban J connectivity index is 0.971. The minimum Gasteiger partial charge on any atom is -0.339 e. The van der Waals surface area contributed by atoms with Gasteiger partial charge in [0.1, 0.15) is 5.82 Å². The first kappa shape index (κ1) is 28.1. The molecule has 0 aliphatic carbocycles. The molecule has 230 valence electrons. The van der Waals surface area contributed by atoms with Gasteiger partial charge >= 0.3 is 0 Å². The number of hydrogen-bond acceptors (Lipinski definition) is 6. The van der Waals surface area contributed by atoms with Crippen LogP contribution in [0.15, 0.2) is 78.9 Å². The van der Waals surface area contributed by atoms with Gasteiger partial charge in [-0.3, -0.25) is 9.69 Å². The van der Waals surface area contributed by atoms with Gasteiger partial charge in [-0.1, -0.05) is 54.6 Å². The Morgan fingerprint density at radius 3 is 2.42 bits per heavy atom. The number of carbonyl (C=O) groups excluding carboxylic acids is 1. The van der Waals surface area contributed by atoms with Crippen LogP contribution in [0.5, 0.6) is 0 Å². The minimum absolute atomic E-state index is 0.0674. The Morgan fingerprint density at radius 1 is 0.911 bits per heavy atom. The van der Waals surface area contributed by atoms with Crippen molar-refractivity contribution in [3.05, 3.63) is 95.8 Å². The van der Waals surface area contributed by atoms with Crippen LogP contribution in [0.4, 0.5) is 0 Å². The molecule has 5 heterocycles. The third kappa shape index (κ3) is 5.13. The van der Waals surface area contributed by atoms with Gasteiger partial charge in [-0.05, 0) is 98.9 Å². The van der Waals surface area contributed by atoms with Crippen LogP contribution in [0.2, 0.25) is 0 Å². The van der Waals surface area contributed by atoms with Crippen LogP contribution in [0.1, 0.15) is 72.7 Å². The van der Waals surface area contributed by atoms with Crippen molar-refractivity contribution < 1.29 is 4.79 Å². The second-order valence-electron chi connectivity index (χ2n) is 13.3. The molecule has 0 spiro atoms. The number of hydrogen-bond donors (Lipinski definition) is 1. The van der Waals surface area contributed by atoms with Gasteiger partial charge in [0, 0.05) is 42.3 Å². The van der Waals surface area contributed by atoms with Crippen LogP contribution in [0.3, 0.4) is 0 Å². The number of likely N-dealkylation sites (tertiary alicyclic amines) is 1. The van der Waals surface area contributed by atoms with Gasteiger partial charge in [0.2, 0.25) is 5.82 Å². The number of benzene rings is 3. The van der Waals surface area contributed by atoms with Gasteiger partial charge < -0.3 is 9.47 Å². The summed E-state index contributed by atoms with van der Waals surface area (Å²) in [5, 5.41) is 14.3. The molecule has 1 unspecified atom stereocenters. The maximum absolute atomic E-state index is 13.6. The van der Waals surface area contributed by atoms with Crippen molar-refractivity contribution in [3.63, 3.8) is 0 Å². The van der Waals surface area contributed by atoms with Crippen molar-refractivity contribution in [2.75, 3.05) is 19.6 Å². The van der Waals surface area contributed by atoms with E-state index in [1.807, 2.05) is 29.2 Å². The number of aromatic nitrogens is 6. The van der Waals surface area contributed by atoms with Gasteiger partial charge in [0.05, 0.1) is 11.0 Å². The van der Waals surface area contributed by atoms with E-state index in [0.29, 0.717) is 29.5 Å². The Morgan fingerprint density at radius 2 is 1.67 bits per heavy atom. The van der Waals surface area contributed by atoms with Gasteiger partial charge in [-0.25, -0.2) is 4.98 Å². The van der Waals surface area contributed by atoms with E-state index in [9.17, 15) is 4.79 Å². The second kappa shape index (κ2) is 11.5. The summed E-state index contributed by atoms with van der Waals surface area (Å²) in [6.07, 6.45) is 8.03. The molecule has 0 saturated carbocycles. The SMILES string of the molecule is Cc1nc2ccccc2n1C1C[C@H]2CC[C@@H](C1)N2CCC1(c2ccccc2)CCN(C(=O)c2cccc(-c3nn[nH]n3)c2)CC1. The lowest BCUT2D eigenvalue weighted by Gasteiger charge is -2.45. The zero-order valence-corrected chi connectivity index (χ0v) is 25.8. The number of fused-ring (bicyclic) bond motifs is 3. The van der Waals surface area contributed by atoms with E-state index in [1.165, 1.54) is 36.8 Å². The molecule has 3 aliphatic heterocycles. The van der Waals surface area contributed by atoms with E-state index in [4.69, 9.17) is 4.98 Å². The van der Waals surface area contributed by atoms with E-state index in [-0.39, 0.29) is 11.3 Å². The number of para-hydroxylation sites is 2. The standard InChI is InChI=1S/C36H40N8O/c1-25-37-32-12-5-6-13-33(32)44(25)31-23-29-14-15-30(24-31)43(29)21-18-36(28-10-3-2-4-11-28)16-19-42(20-17-36)35(45)27-9-7-8-26(22-27)34-38-40-41-39-34/h2-13,22,29-31H,14-21,23-24H2,1H3,(H,38,39,40,41)/t29-,30+,31?. The quantitative estimate of drug-likeness (QED) is 0.248. The summed E-state index contributed by atoms with van der Waals surface area (Å²) in [5.74, 6) is 1.71. The fourth-order valence-electron chi connectivity index (χ4n) is 8.66. The predicted octanol–water partition coefficient (Wildman–Crippen LogP) is 5.96. The molecule has 9 nitrogen and oxygen atoms in total. The molecular formula is C36H40N8O. The number of nitrogens with one attached hydrogen (secondary N) is 1. The fourth-order valence-corrected chi connectivity index (χ4v) is 8.66. The molecule has 1 N–H and O–H groups in total. The van der Waals surface area contributed by atoms with E-state index in [0.717, 1.165) is 55.8 Å². The lowest BCUT2D eigenvalue weighted by Crippen LogP contribution is -2.49. The predicted molar refractivity (Wildman–Crippen MR) is 174 cm³/mol. The third-order valence-electron chi connectivity index (χ3n) is 11.0. The summed E-state index contributed by atoms with van der Waals surface area (Å²) in [5.41, 5.74) is 5.33. The van der Waals surface area contributed by atoms with Crippen LogP contribution < -0.4 is 0 Å². The number of nitrogens with zero attached hydrogens (tertiary/aromatic N) is 7. The van der Waals surface area contributed by atoms with Crippen LogP contribution in [0, 0.1) is 6.92 Å².